The standard InChI is InChI=1S/C4H7N7S/c1-11-4(7-9-10-11)12-3-2-6-8-5/h2-3H2,1H3. The van der Waals surface area contributed by atoms with Crippen LogP contribution in [0, 0.1) is 0 Å². The number of aromatic nitrogens is 4. The number of thioether (sulfide) groups is 1. The van der Waals surface area contributed by atoms with Gasteiger partial charge >= 0.3 is 0 Å². The maximum Gasteiger partial charge on any atom is 0.209 e. The topological polar surface area (TPSA) is 92.4 Å². The molecule has 0 aliphatic rings. The fraction of sp³-hybridized carbons (Fsp3) is 0.750. The molecule has 0 saturated carbocycles. The molecular weight excluding hydrogens is 178 g/mol. The second-order valence-corrected chi connectivity index (χ2v) is 2.95. The highest BCUT2D eigenvalue weighted by Crippen LogP contribution is 2.11. The summed E-state index contributed by atoms with van der Waals surface area (Å²) in [7, 11) is 1.76. The van der Waals surface area contributed by atoms with Crippen LogP contribution in [0.1, 0.15) is 0 Å². The fourth-order valence-corrected chi connectivity index (χ4v) is 1.24. The van der Waals surface area contributed by atoms with E-state index in [0.717, 1.165) is 5.16 Å². The largest absolute Gasteiger partial charge is 0.224 e. The van der Waals surface area contributed by atoms with Gasteiger partial charge in [0.1, 0.15) is 0 Å². The number of tetrazole rings is 1. The van der Waals surface area contributed by atoms with Crippen molar-refractivity contribution in [2.75, 3.05) is 12.3 Å². The molecule has 0 aliphatic heterocycles. The quantitative estimate of drug-likeness (QED) is 0.226. The van der Waals surface area contributed by atoms with E-state index in [-0.39, 0.29) is 0 Å². The second kappa shape index (κ2) is 4.58. The number of aryl methyl sites for hydroxylation is 1. The first kappa shape index (κ1) is 8.82. The molecule has 0 radical (unpaired) electrons. The van der Waals surface area contributed by atoms with E-state index in [0.29, 0.717) is 12.3 Å². The number of hydrogen-bond donors (Lipinski definition) is 0. The molecule has 0 atom stereocenters. The molecule has 12 heavy (non-hydrogen) atoms. The summed E-state index contributed by atoms with van der Waals surface area (Å²) in [5.41, 5.74) is 7.98. The third-order valence-corrected chi connectivity index (χ3v) is 2.06. The minimum atomic E-state index is 0.452. The molecule has 0 amide bonds. The number of azide groups is 1. The van der Waals surface area contributed by atoms with Gasteiger partial charge in [-0.15, -0.1) is 5.10 Å². The van der Waals surface area contributed by atoms with Gasteiger partial charge in [0, 0.05) is 24.3 Å². The molecule has 1 aromatic rings. The Morgan fingerprint density at radius 3 is 3.17 bits per heavy atom. The Bertz CT molecular complexity index is 287. The van der Waals surface area contributed by atoms with Crippen LogP contribution in [0.5, 0.6) is 0 Å². The van der Waals surface area contributed by atoms with Crippen molar-refractivity contribution in [2.24, 2.45) is 12.2 Å². The summed E-state index contributed by atoms with van der Waals surface area (Å²) in [5, 5.41) is 15.0. The number of rotatable bonds is 4. The molecule has 0 unspecified atom stereocenters. The van der Waals surface area contributed by atoms with Gasteiger partial charge in [-0.05, 0) is 16.0 Å². The number of nitrogens with zero attached hydrogens (tertiary/aromatic N) is 7. The summed E-state index contributed by atoms with van der Waals surface area (Å²) in [6, 6.07) is 0. The molecule has 64 valence electrons. The van der Waals surface area contributed by atoms with Gasteiger partial charge in [0.25, 0.3) is 0 Å². The van der Waals surface area contributed by atoms with Gasteiger partial charge < -0.3 is 0 Å². The first-order valence-corrected chi connectivity index (χ1v) is 4.19. The van der Waals surface area contributed by atoms with Crippen LogP contribution in [-0.2, 0) is 7.05 Å². The van der Waals surface area contributed by atoms with E-state index < -0.39 is 0 Å². The molecular formula is C4H7N7S. The summed E-state index contributed by atoms with van der Waals surface area (Å²) in [5.74, 6) is 0.693. The highest BCUT2D eigenvalue weighted by molar-refractivity contribution is 7.99. The summed E-state index contributed by atoms with van der Waals surface area (Å²) in [6.07, 6.45) is 0. The van der Waals surface area contributed by atoms with Gasteiger partial charge in [-0.1, -0.05) is 16.9 Å². The van der Waals surface area contributed by atoms with Crippen molar-refractivity contribution in [3.63, 3.8) is 0 Å². The summed E-state index contributed by atoms with van der Waals surface area (Å²) >= 11 is 1.46. The normalized spacial score (nSPS) is 9.42. The van der Waals surface area contributed by atoms with E-state index in [1.807, 2.05) is 0 Å². The van der Waals surface area contributed by atoms with Gasteiger partial charge in [-0.2, -0.15) is 0 Å². The average Bonchev–Trinajstić information content (AvgIpc) is 2.46. The van der Waals surface area contributed by atoms with Crippen LogP contribution in [0.2, 0.25) is 0 Å². The maximum absolute atomic E-state index is 7.98. The zero-order valence-electron chi connectivity index (χ0n) is 6.45. The molecule has 1 heterocycles. The van der Waals surface area contributed by atoms with E-state index in [9.17, 15) is 0 Å². The Morgan fingerprint density at radius 1 is 1.75 bits per heavy atom. The van der Waals surface area contributed by atoms with Crippen LogP contribution in [0.25, 0.3) is 10.4 Å². The van der Waals surface area contributed by atoms with Crippen LogP contribution in [-0.4, -0.2) is 32.5 Å². The lowest BCUT2D eigenvalue weighted by Crippen LogP contribution is -1.94. The average molecular weight is 185 g/mol. The molecule has 7 nitrogen and oxygen atoms in total. The maximum atomic E-state index is 7.98. The van der Waals surface area contributed by atoms with Crippen molar-refractivity contribution in [3.05, 3.63) is 10.4 Å². The Morgan fingerprint density at radius 2 is 2.58 bits per heavy atom. The molecule has 0 bridgehead atoms. The van der Waals surface area contributed by atoms with Gasteiger partial charge in [-0.3, -0.25) is 0 Å². The van der Waals surface area contributed by atoms with Crippen molar-refractivity contribution in [1.29, 1.82) is 0 Å². The zero-order chi connectivity index (χ0) is 8.81. The molecule has 0 aliphatic carbocycles. The molecule has 0 saturated heterocycles. The summed E-state index contributed by atoms with van der Waals surface area (Å²) < 4.78 is 1.57. The van der Waals surface area contributed by atoms with Gasteiger partial charge in [0.15, 0.2) is 0 Å². The van der Waals surface area contributed by atoms with Crippen molar-refractivity contribution < 1.29 is 0 Å². The number of hydrogen-bond acceptors (Lipinski definition) is 5. The Balaban J connectivity index is 2.33. The van der Waals surface area contributed by atoms with E-state index in [1.54, 1.807) is 11.7 Å². The van der Waals surface area contributed by atoms with Crippen LogP contribution < -0.4 is 0 Å². The molecule has 0 aromatic carbocycles. The monoisotopic (exact) mass is 185 g/mol. The Hall–Kier alpha value is -1.27. The van der Waals surface area contributed by atoms with Crippen molar-refractivity contribution in [3.8, 4) is 0 Å². The van der Waals surface area contributed by atoms with Gasteiger partial charge in [0.2, 0.25) is 5.16 Å². The highest BCUT2D eigenvalue weighted by Gasteiger charge is 2.00. The predicted molar refractivity (Wildman–Crippen MR) is 43.5 cm³/mol. The van der Waals surface area contributed by atoms with E-state index in [4.69, 9.17) is 5.53 Å². The molecule has 1 rings (SSSR count). The van der Waals surface area contributed by atoms with Gasteiger partial charge in [-0.25, -0.2) is 4.68 Å². The van der Waals surface area contributed by atoms with Crippen LogP contribution in [0.15, 0.2) is 10.3 Å². The Kier molecular flexibility index (Phi) is 3.36. The van der Waals surface area contributed by atoms with Crippen LogP contribution in [0.3, 0.4) is 0 Å². The third-order valence-electron chi connectivity index (χ3n) is 1.07. The molecule has 1 aromatic heterocycles. The molecule has 0 N–H and O–H groups in total. The van der Waals surface area contributed by atoms with Crippen LogP contribution in [0.4, 0.5) is 0 Å². The van der Waals surface area contributed by atoms with Crippen molar-refractivity contribution in [1.82, 2.24) is 20.2 Å². The smallest absolute Gasteiger partial charge is 0.209 e. The predicted octanol–water partition coefficient (Wildman–Crippen LogP) is 0.612. The lowest BCUT2D eigenvalue weighted by molar-refractivity contribution is 0.664. The fourth-order valence-electron chi connectivity index (χ4n) is 0.566. The Labute approximate surface area is 72.8 Å². The minimum absolute atomic E-state index is 0.452. The first-order valence-electron chi connectivity index (χ1n) is 3.20. The lowest BCUT2D eigenvalue weighted by Gasteiger charge is -1.93. The van der Waals surface area contributed by atoms with E-state index >= 15 is 0 Å². The third kappa shape index (κ3) is 2.40. The summed E-state index contributed by atoms with van der Waals surface area (Å²) in [4.78, 5) is 2.63. The minimum Gasteiger partial charge on any atom is -0.224 e. The SMILES string of the molecule is Cn1nnnc1SCCN=[N+]=[N-]. The van der Waals surface area contributed by atoms with Crippen molar-refractivity contribution >= 4 is 11.8 Å². The lowest BCUT2D eigenvalue weighted by atomic mass is 10.8. The molecule has 8 heteroatoms. The van der Waals surface area contributed by atoms with Crippen molar-refractivity contribution in [2.45, 2.75) is 5.16 Å². The summed E-state index contributed by atoms with van der Waals surface area (Å²) in [6.45, 7) is 0.452. The first-order chi connectivity index (χ1) is 5.84. The van der Waals surface area contributed by atoms with Crippen LogP contribution >= 0.6 is 11.8 Å². The van der Waals surface area contributed by atoms with E-state index in [1.165, 1.54) is 11.8 Å². The van der Waals surface area contributed by atoms with E-state index in [2.05, 4.69) is 25.6 Å². The zero-order valence-corrected chi connectivity index (χ0v) is 7.27. The second-order valence-electron chi connectivity index (χ2n) is 1.89. The van der Waals surface area contributed by atoms with Gasteiger partial charge in [0.05, 0.1) is 0 Å². The highest BCUT2D eigenvalue weighted by atomic mass is 32.2. The molecule has 0 fully saturated rings. The molecule has 0 spiro atoms.